The third-order valence-corrected chi connectivity index (χ3v) is 3.11. The summed E-state index contributed by atoms with van der Waals surface area (Å²) in [5.41, 5.74) is 1.36. The van der Waals surface area contributed by atoms with Crippen molar-refractivity contribution in [3.63, 3.8) is 0 Å². The number of carbonyl (C=O) groups is 1. The van der Waals surface area contributed by atoms with Gasteiger partial charge in [-0.3, -0.25) is 4.79 Å². The van der Waals surface area contributed by atoms with Crippen LogP contribution < -0.4 is 0 Å². The van der Waals surface area contributed by atoms with Gasteiger partial charge in [-0.05, 0) is 31.5 Å². The minimum absolute atomic E-state index is 0.0725. The van der Waals surface area contributed by atoms with Gasteiger partial charge in [0.15, 0.2) is 0 Å². The monoisotopic (exact) mass is 273 g/mol. The Kier molecular flexibility index (Phi) is 4.53. The second-order valence-electron chi connectivity index (χ2n) is 4.83. The molecule has 0 radical (unpaired) electrons. The van der Waals surface area contributed by atoms with E-state index in [-0.39, 0.29) is 5.91 Å². The largest absolute Gasteiger partial charge is 0.393 e. The number of amides is 1. The quantitative estimate of drug-likeness (QED) is 0.902. The fraction of sp³-hybridized carbons (Fsp3) is 0.333. The topological polar surface area (TPSA) is 58.4 Å². The zero-order valence-electron chi connectivity index (χ0n) is 11.7. The summed E-state index contributed by atoms with van der Waals surface area (Å²) in [5.74, 6) is -0.0725. The predicted molar refractivity (Wildman–Crippen MR) is 76.8 cm³/mol. The number of carbonyl (C=O) groups excluding carboxylic acids is 1. The molecule has 1 aromatic carbocycles. The molecule has 1 atom stereocenters. The SMILES string of the molecule is CC(O)CCN(C)C(=O)c1ccccc1-n1cccn1. The molecule has 0 saturated carbocycles. The van der Waals surface area contributed by atoms with Crippen molar-refractivity contribution in [2.24, 2.45) is 0 Å². The Bertz CT molecular complexity index is 564. The highest BCUT2D eigenvalue weighted by molar-refractivity contribution is 5.97. The first-order valence-corrected chi connectivity index (χ1v) is 6.62. The molecule has 5 nitrogen and oxygen atoms in total. The van der Waals surface area contributed by atoms with Crippen molar-refractivity contribution in [2.75, 3.05) is 13.6 Å². The number of aliphatic hydroxyl groups excluding tert-OH is 1. The highest BCUT2D eigenvalue weighted by Gasteiger charge is 2.16. The molecule has 5 heteroatoms. The van der Waals surface area contributed by atoms with E-state index in [0.29, 0.717) is 18.5 Å². The van der Waals surface area contributed by atoms with Crippen molar-refractivity contribution in [3.05, 3.63) is 48.3 Å². The van der Waals surface area contributed by atoms with Crippen LogP contribution in [0.4, 0.5) is 0 Å². The van der Waals surface area contributed by atoms with Crippen LogP contribution in [0, 0.1) is 0 Å². The number of rotatable bonds is 5. The third-order valence-electron chi connectivity index (χ3n) is 3.11. The molecule has 0 fully saturated rings. The molecule has 0 aliphatic rings. The van der Waals surface area contributed by atoms with E-state index in [0.717, 1.165) is 5.69 Å². The summed E-state index contributed by atoms with van der Waals surface area (Å²) in [6.07, 6.45) is 3.64. The average Bonchev–Trinajstić information content (AvgIpc) is 2.98. The Morgan fingerprint density at radius 1 is 1.40 bits per heavy atom. The van der Waals surface area contributed by atoms with E-state index in [4.69, 9.17) is 0 Å². The number of nitrogens with zero attached hydrogens (tertiary/aromatic N) is 3. The standard InChI is InChI=1S/C15H19N3O2/c1-12(19)8-11-17(2)15(20)13-6-3-4-7-14(13)18-10-5-9-16-18/h3-7,9-10,12,19H,8,11H2,1-2H3. The van der Waals surface area contributed by atoms with Gasteiger partial charge in [0.05, 0.1) is 17.4 Å². The molecule has 106 valence electrons. The van der Waals surface area contributed by atoms with Gasteiger partial charge in [0.25, 0.3) is 5.91 Å². The molecule has 1 N–H and O–H groups in total. The summed E-state index contributed by atoms with van der Waals surface area (Å²) in [4.78, 5) is 14.1. The number of hydrogen-bond acceptors (Lipinski definition) is 3. The molecule has 1 heterocycles. The smallest absolute Gasteiger partial charge is 0.255 e. The van der Waals surface area contributed by atoms with E-state index in [1.807, 2.05) is 30.5 Å². The Balaban J connectivity index is 2.22. The summed E-state index contributed by atoms with van der Waals surface area (Å²) < 4.78 is 1.68. The fourth-order valence-electron chi connectivity index (χ4n) is 1.95. The molecule has 1 unspecified atom stereocenters. The van der Waals surface area contributed by atoms with Gasteiger partial charge in [-0.2, -0.15) is 5.10 Å². The molecule has 1 aromatic heterocycles. The zero-order valence-corrected chi connectivity index (χ0v) is 11.7. The molecule has 20 heavy (non-hydrogen) atoms. The van der Waals surface area contributed by atoms with E-state index >= 15 is 0 Å². The van der Waals surface area contributed by atoms with Crippen molar-refractivity contribution in [2.45, 2.75) is 19.4 Å². The van der Waals surface area contributed by atoms with E-state index in [2.05, 4.69) is 5.10 Å². The van der Waals surface area contributed by atoms with Crippen LogP contribution in [0.25, 0.3) is 5.69 Å². The van der Waals surface area contributed by atoms with Crippen LogP contribution in [-0.4, -0.2) is 45.4 Å². The summed E-state index contributed by atoms with van der Waals surface area (Å²) in [7, 11) is 1.74. The van der Waals surface area contributed by atoms with Gasteiger partial charge in [0.2, 0.25) is 0 Å². The van der Waals surface area contributed by atoms with E-state index in [9.17, 15) is 9.90 Å². The maximum Gasteiger partial charge on any atom is 0.255 e. The first-order chi connectivity index (χ1) is 9.59. The zero-order chi connectivity index (χ0) is 14.5. The summed E-state index contributed by atoms with van der Waals surface area (Å²) in [6, 6.07) is 9.19. The van der Waals surface area contributed by atoms with E-state index in [1.165, 1.54) is 0 Å². The highest BCUT2D eigenvalue weighted by atomic mass is 16.3. The van der Waals surface area contributed by atoms with Gasteiger partial charge in [0, 0.05) is 26.0 Å². The van der Waals surface area contributed by atoms with Crippen LogP contribution in [-0.2, 0) is 0 Å². The summed E-state index contributed by atoms with van der Waals surface area (Å²) >= 11 is 0. The van der Waals surface area contributed by atoms with Crippen LogP contribution in [0.15, 0.2) is 42.7 Å². The number of benzene rings is 1. The second kappa shape index (κ2) is 6.34. The van der Waals surface area contributed by atoms with Gasteiger partial charge in [-0.15, -0.1) is 0 Å². The molecule has 0 aliphatic heterocycles. The highest BCUT2D eigenvalue weighted by Crippen LogP contribution is 2.15. The summed E-state index contributed by atoms with van der Waals surface area (Å²) in [5, 5.41) is 13.5. The molecule has 0 spiro atoms. The summed E-state index contributed by atoms with van der Waals surface area (Å²) in [6.45, 7) is 2.24. The Labute approximate surface area is 118 Å². The normalized spacial score (nSPS) is 12.2. The molecule has 0 bridgehead atoms. The van der Waals surface area contributed by atoms with Gasteiger partial charge in [0.1, 0.15) is 0 Å². The van der Waals surface area contributed by atoms with Crippen molar-refractivity contribution in [1.82, 2.24) is 14.7 Å². The third kappa shape index (κ3) is 3.24. The number of aromatic nitrogens is 2. The van der Waals surface area contributed by atoms with Crippen LogP contribution in [0.3, 0.4) is 0 Å². The second-order valence-corrected chi connectivity index (χ2v) is 4.83. The molecular weight excluding hydrogens is 254 g/mol. The Hall–Kier alpha value is -2.14. The maximum atomic E-state index is 12.5. The van der Waals surface area contributed by atoms with Crippen molar-refractivity contribution in [3.8, 4) is 5.69 Å². The number of para-hydroxylation sites is 1. The average molecular weight is 273 g/mol. The molecular formula is C15H19N3O2. The van der Waals surface area contributed by atoms with Crippen LogP contribution in [0.5, 0.6) is 0 Å². The number of aliphatic hydroxyl groups is 1. The van der Waals surface area contributed by atoms with Crippen LogP contribution in [0.2, 0.25) is 0 Å². The van der Waals surface area contributed by atoms with E-state index < -0.39 is 6.10 Å². The lowest BCUT2D eigenvalue weighted by molar-refractivity contribution is 0.0769. The molecule has 1 amide bonds. The molecule has 0 aliphatic carbocycles. The van der Waals surface area contributed by atoms with Gasteiger partial charge < -0.3 is 10.0 Å². The van der Waals surface area contributed by atoms with Crippen molar-refractivity contribution in [1.29, 1.82) is 0 Å². The van der Waals surface area contributed by atoms with Gasteiger partial charge in [-0.1, -0.05) is 12.1 Å². The van der Waals surface area contributed by atoms with Gasteiger partial charge in [-0.25, -0.2) is 4.68 Å². The maximum absolute atomic E-state index is 12.5. The number of hydrogen-bond donors (Lipinski definition) is 1. The van der Waals surface area contributed by atoms with Crippen LogP contribution in [0.1, 0.15) is 23.7 Å². The van der Waals surface area contributed by atoms with Gasteiger partial charge >= 0.3 is 0 Å². The molecule has 2 rings (SSSR count). The minimum atomic E-state index is -0.411. The van der Waals surface area contributed by atoms with Crippen LogP contribution >= 0.6 is 0 Å². The van der Waals surface area contributed by atoms with Crippen molar-refractivity contribution < 1.29 is 9.90 Å². The Morgan fingerprint density at radius 3 is 2.80 bits per heavy atom. The Morgan fingerprint density at radius 2 is 2.15 bits per heavy atom. The lowest BCUT2D eigenvalue weighted by Crippen LogP contribution is -2.30. The fourth-order valence-corrected chi connectivity index (χ4v) is 1.95. The lowest BCUT2D eigenvalue weighted by atomic mass is 10.1. The first-order valence-electron chi connectivity index (χ1n) is 6.62. The first kappa shape index (κ1) is 14.3. The molecule has 2 aromatic rings. The lowest BCUT2D eigenvalue weighted by Gasteiger charge is -2.19. The van der Waals surface area contributed by atoms with Crippen molar-refractivity contribution >= 4 is 5.91 Å². The predicted octanol–water partition coefficient (Wildman–Crippen LogP) is 1.72. The molecule has 0 saturated heterocycles. The minimum Gasteiger partial charge on any atom is -0.393 e. The van der Waals surface area contributed by atoms with E-state index in [1.54, 1.807) is 35.8 Å².